The number of hydrogen-bond donors (Lipinski definition) is 1. The Kier molecular flexibility index (Phi) is 8.51. The van der Waals surface area contributed by atoms with Crippen molar-refractivity contribution < 1.29 is 23.1 Å². The first-order valence-corrected chi connectivity index (χ1v) is 14.4. The van der Waals surface area contributed by atoms with Crippen LogP contribution < -0.4 is 5.32 Å². The van der Waals surface area contributed by atoms with Crippen LogP contribution in [0.15, 0.2) is 83.9 Å². The Morgan fingerprint density at radius 3 is 1.87 bits per heavy atom. The minimum Gasteiger partial charge on any atom is -0.444 e. The van der Waals surface area contributed by atoms with Crippen LogP contribution in [0.4, 0.5) is 4.79 Å². The van der Waals surface area contributed by atoms with Crippen molar-refractivity contribution in [3.63, 3.8) is 0 Å². The molecule has 0 spiro atoms. The molecule has 0 saturated carbocycles. The second kappa shape index (κ2) is 11.6. The molecule has 1 unspecified atom stereocenters. The van der Waals surface area contributed by atoms with Gasteiger partial charge in [0.05, 0.1) is 13.2 Å². The molecular weight excluding hydrogens is 499 g/mol. The molecule has 0 bridgehead atoms. The van der Waals surface area contributed by atoms with E-state index in [1.54, 1.807) is 34.6 Å². The van der Waals surface area contributed by atoms with Gasteiger partial charge in [-0.2, -0.15) is 0 Å². The predicted molar refractivity (Wildman–Crippen MR) is 151 cm³/mol. The van der Waals surface area contributed by atoms with E-state index in [1.165, 1.54) is 0 Å². The van der Waals surface area contributed by atoms with Crippen molar-refractivity contribution in [2.75, 3.05) is 13.2 Å². The van der Waals surface area contributed by atoms with Crippen LogP contribution >= 0.6 is 7.60 Å². The van der Waals surface area contributed by atoms with E-state index >= 15 is 0 Å². The summed E-state index contributed by atoms with van der Waals surface area (Å²) < 4.78 is 31.6. The number of carbonyl (C=O) groups is 1. The Morgan fingerprint density at radius 1 is 0.868 bits per heavy atom. The van der Waals surface area contributed by atoms with Crippen LogP contribution in [0.5, 0.6) is 0 Å². The number of benzene rings is 3. The Labute approximate surface area is 224 Å². The number of alkyl carbamates (subject to hydrolysis) is 1. The average Bonchev–Trinajstić information content (AvgIpc) is 3.19. The highest BCUT2D eigenvalue weighted by atomic mass is 31.2. The molecule has 0 aromatic heterocycles. The van der Waals surface area contributed by atoms with Gasteiger partial charge in [-0.05, 0) is 62.4 Å². The fourth-order valence-corrected chi connectivity index (χ4v) is 6.39. The van der Waals surface area contributed by atoms with Crippen molar-refractivity contribution in [3.8, 4) is 11.1 Å². The summed E-state index contributed by atoms with van der Waals surface area (Å²) in [5, 5.41) is 2.91. The average molecular weight is 535 g/mol. The quantitative estimate of drug-likeness (QED) is 0.225. The smallest absolute Gasteiger partial charge is 0.408 e. The molecule has 0 heterocycles. The summed E-state index contributed by atoms with van der Waals surface area (Å²) in [5.41, 5.74) is 4.16. The Balaban J connectivity index is 1.93. The molecule has 1 aliphatic rings. The number of nitrogens with one attached hydrogen (secondary N) is 1. The highest BCUT2D eigenvalue weighted by molar-refractivity contribution is 7.72. The van der Waals surface area contributed by atoms with Gasteiger partial charge in [0.1, 0.15) is 17.7 Å². The molecule has 7 nitrogen and oxygen atoms in total. The van der Waals surface area contributed by atoms with Crippen LogP contribution in [0.1, 0.15) is 63.4 Å². The van der Waals surface area contributed by atoms with Crippen LogP contribution in [0.25, 0.3) is 11.1 Å². The summed E-state index contributed by atoms with van der Waals surface area (Å²) in [7, 11) is -3.95. The van der Waals surface area contributed by atoms with Crippen LogP contribution in [-0.2, 0) is 18.3 Å². The van der Waals surface area contributed by atoms with Gasteiger partial charge >= 0.3 is 13.7 Å². The summed E-state index contributed by atoms with van der Waals surface area (Å²) in [5.74, 6) is 0. The van der Waals surface area contributed by atoms with E-state index in [4.69, 9.17) is 18.8 Å². The van der Waals surface area contributed by atoms with E-state index in [1.807, 2.05) is 66.7 Å². The van der Waals surface area contributed by atoms with Gasteiger partial charge < -0.3 is 19.1 Å². The summed E-state index contributed by atoms with van der Waals surface area (Å²) in [6.07, 6.45) is -0.661. The van der Waals surface area contributed by atoms with Crippen molar-refractivity contribution in [2.45, 2.75) is 52.3 Å². The summed E-state index contributed by atoms with van der Waals surface area (Å²) >= 11 is 0. The van der Waals surface area contributed by atoms with Crippen LogP contribution in [0, 0.1) is 0 Å². The van der Waals surface area contributed by atoms with E-state index in [0.717, 1.165) is 22.3 Å². The van der Waals surface area contributed by atoms with Gasteiger partial charge in [-0.15, -0.1) is 0 Å². The van der Waals surface area contributed by atoms with Crippen molar-refractivity contribution in [3.05, 3.63) is 95.6 Å². The van der Waals surface area contributed by atoms with Crippen LogP contribution in [0.3, 0.4) is 0 Å². The number of amides is 1. The molecule has 8 heteroatoms. The predicted octanol–water partition coefficient (Wildman–Crippen LogP) is 7.69. The number of nitrogens with zero attached hydrogens (tertiary/aromatic N) is 1. The third-order valence-corrected chi connectivity index (χ3v) is 8.12. The third-order valence-electron chi connectivity index (χ3n) is 5.99. The lowest BCUT2D eigenvalue weighted by molar-refractivity contribution is 0.0518. The van der Waals surface area contributed by atoms with E-state index in [-0.39, 0.29) is 18.7 Å². The molecular formula is C30H35N2O5P. The number of carbonyl (C=O) groups excluding carboxylic acids is 1. The zero-order valence-corrected chi connectivity index (χ0v) is 23.4. The summed E-state index contributed by atoms with van der Waals surface area (Å²) in [6.45, 7) is 9.15. The third kappa shape index (κ3) is 6.07. The molecule has 0 radical (unpaired) electrons. The first-order valence-electron chi connectivity index (χ1n) is 12.9. The molecule has 200 valence electrons. The maximum absolute atomic E-state index is 14.4. The van der Waals surface area contributed by atoms with Gasteiger partial charge in [-0.25, -0.2) is 4.79 Å². The van der Waals surface area contributed by atoms with Gasteiger partial charge in [0.2, 0.25) is 0 Å². The Hall–Kier alpha value is -3.25. The number of rotatable bonds is 9. The van der Waals surface area contributed by atoms with Crippen LogP contribution in [0.2, 0.25) is 0 Å². The standard InChI is InChI=1S/C30H35N2O5P/c1-6-35-38(34,36-7-2)28(26(21-15-9-8-10-16-21)32-29(33)37-30(3,4)5)31-27-24-19-13-11-17-22(24)23-18-12-14-20-25(23)27/h8-20,26-27H,6-7H2,1-5H3,(H,32,33). The van der Waals surface area contributed by atoms with E-state index in [0.29, 0.717) is 5.56 Å². The molecule has 0 fully saturated rings. The number of aliphatic imine (C=N–C) groups is 1. The number of ether oxygens (including phenoxy) is 1. The fraction of sp³-hybridized carbons (Fsp3) is 0.333. The number of hydrogen-bond acceptors (Lipinski definition) is 6. The fourth-order valence-electron chi connectivity index (χ4n) is 4.58. The monoisotopic (exact) mass is 534 g/mol. The number of fused-ring (bicyclic) bond motifs is 3. The van der Waals surface area contributed by atoms with Gasteiger partial charge in [-0.3, -0.25) is 9.56 Å². The van der Waals surface area contributed by atoms with Gasteiger partial charge in [0.15, 0.2) is 5.45 Å². The molecule has 3 aromatic carbocycles. The first-order chi connectivity index (χ1) is 18.2. The first kappa shape index (κ1) is 27.8. The molecule has 38 heavy (non-hydrogen) atoms. The molecule has 3 aromatic rings. The Morgan fingerprint density at radius 2 is 1.37 bits per heavy atom. The molecule has 0 saturated heterocycles. The maximum atomic E-state index is 14.4. The van der Waals surface area contributed by atoms with Crippen molar-refractivity contribution in [2.24, 2.45) is 4.99 Å². The maximum Gasteiger partial charge on any atom is 0.408 e. The molecule has 0 aliphatic heterocycles. The minimum absolute atomic E-state index is 0.120. The lowest BCUT2D eigenvalue weighted by Crippen LogP contribution is -2.38. The van der Waals surface area contributed by atoms with E-state index < -0.39 is 31.4 Å². The lowest BCUT2D eigenvalue weighted by atomic mass is 10.0. The van der Waals surface area contributed by atoms with E-state index in [9.17, 15) is 9.36 Å². The van der Waals surface area contributed by atoms with Crippen molar-refractivity contribution >= 4 is 19.1 Å². The second-order valence-electron chi connectivity index (χ2n) is 9.89. The Bertz CT molecular complexity index is 1290. The van der Waals surface area contributed by atoms with Gasteiger partial charge in [0, 0.05) is 0 Å². The molecule has 1 amide bonds. The topological polar surface area (TPSA) is 86.2 Å². The molecule has 1 N–H and O–H groups in total. The minimum atomic E-state index is -3.95. The highest BCUT2D eigenvalue weighted by Gasteiger charge is 2.41. The van der Waals surface area contributed by atoms with Crippen LogP contribution in [-0.4, -0.2) is 30.4 Å². The second-order valence-corrected chi connectivity index (χ2v) is 11.9. The normalized spacial score (nSPS) is 14.5. The highest BCUT2D eigenvalue weighted by Crippen LogP contribution is 2.55. The molecule has 1 aliphatic carbocycles. The molecule has 4 rings (SSSR count). The van der Waals surface area contributed by atoms with Crippen molar-refractivity contribution in [1.29, 1.82) is 0 Å². The summed E-state index contributed by atoms with van der Waals surface area (Å²) in [6, 6.07) is 23.9. The van der Waals surface area contributed by atoms with Gasteiger partial charge in [-0.1, -0.05) is 78.9 Å². The summed E-state index contributed by atoms with van der Waals surface area (Å²) in [4.78, 5) is 18.2. The zero-order chi connectivity index (χ0) is 27.3. The lowest BCUT2D eigenvalue weighted by Gasteiger charge is -2.29. The SMILES string of the molecule is CCOP(=O)(OCC)C(=NC1c2ccccc2-c2ccccc21)C(NC(=O)OC(C)(C)C)c1ccccc1. The van der Waals surface area contributed by atoms with E-state index in [2.05, 4.69) is 17.4 Å². The largest absolute Gasteiger partial charge is 0.444 e. The molecule has 1 atom stereocenters. The van der Waals surface area contributed by atoms with Crippen molar-refractivity contribution in [1.82, 2.24) is 5.32 Å². The zero-order valence-electron chi connectivity index (χ0n) is 22.5. The van der Waals surface area contributed by atoms with Gasteiger partial charge in [0.25, 0.3) is 0 Å².